The Labute approximate surface area is 178 Å². The van der Waals surface area contributed by atoms with Crippen molar-refractivity contribution in [2.45, 2.75) is 25.9 Å². The zero-order valence-corrected chi connectivity index (χ0v) is 17.2. The molecule has 158 valence electrons. The first kappa shape index (κ1) is 21.6. The second kappa shape index (κ2) is 10.1. The standard InChI is InChI=1S/C21H22ClFN4O3/c1-14(20(28)24-17-7-8-19(23)18(22)13-17)30-26-16-9-11-27(12-10-16)21(29)25-15-5-3-2-4-6-15/h2-8,13-14H,9-12H2,1H3,(H,24,28)(H,25,29). The van der Waals surface area contributed by atoms with Gasteiger partial charge in [0.1, 0.15) is 5.82 Å². The molecule has 1 saturated heterocycles. The lowest BCUT2D eigenvalue weighted by Gasteiger charge is -2.27. The van der Waals surface area contributed by atoms with Crippen molar-refractivity contribution in [2.24, 2.45) is 5.16 Å². The van der Waals surface area contributed by atoms with Crippen molar-refractivity contribution in [3.05, 3.63) is 59.4 Å². The maximum Gasteiger partial charge on any atom is 0.321 e. The summed E-state index contributed by atoms with van der Waals surface area (Å²) >= 11 is 5.71. The summed E-state index contributed by atoms with van der Waals surface area (Å²) in [5.41, 5.74) is 1.89. The van der Waals surface area contributed by atoms with Crippen molar-refractivity contribution in [1.82, 2.24) is 4.90 Å². The molecule has 0 aromatic heterocycles. The largest absolute Gasteiger partial charge is 0.383 e. The number of piperidine rings is 1. The topological polar surface area (TPSA) is 83.0 Å². The summed E-state index contributed by atoms with van der Waals surface area (Å²) in [6.07, 6.45) is 0.273. The highest BCUT2D eigenvalue weighted by molar-refractivity contribution is 6.31. The molecule has 3 amide bonds. The fraction of sp³-hybridized carbons (Fsp3) is 0.286. The highest BCUT2D eigenvalue weighted by atomic mass is 35.5. The molecule has 1 unspecified atom stereocenters. The van der Waals surface area contributed by atoms with Crippen LogP contribution in [0.3, 0.4) is 0 Å². The van der Waals surface area contributed by atoms with E-state index >= 15 is 0 Å². The minimum absolute atomic E-state index is 0.0790. The molecule has 7 nitrogen and oxygen atoms in total. The van der Waals surface area contributed by atoms with Crippen LogP contribution in [0.1, 0.15) is 19.8 Å². The van der Waals surface area contributed by atoms with Gasteiger partial charge in [0.15, 0.2) is 0 Å². The normalized spacial score (nSPS) is 14.6. The van der Waals surface area contributed by atoms with Crippen LogP contribution in [0, 0.1) is 5.82 Å². The summed E-state index contributed by atoms with van der Waals surface area (Å²) < 4.78 is 13.2. The molecule has 0 aliphatic carbocycles. The number of likely N-dealkylation sites (tertiary alicyclic amines) is 1. The third-order valence-electron chi connectivity index (χ3n) is 4.55. The van der Waals surface area contributed by atoms with Crippen molar-refractivity contribution in [3.63, 3.8) is 0 Å². The Bertz CT molecular complexity index is 929. The zero-order chi connectivity index (χ0) is 21.5. The molecule has 0 radical (unpaired) electrons. The minimum Gasteiger partial charge on any atom is -0.383 e. The number of hydrogen-bond donors (Lipinski definition) is 2. The molecular weight excluding hydrogens is 411 g/mol. The molecule has 1 fully saturated rings. The first-order valence-corrected chi connectivity index (χ1v) is 9.88. The Kier molecular flexibility index (Phi) is 7.24. The van der Waals surface area contributed by atoms with E-state index in [2.05, 4.69) is 15.8 Å². The second-order valence-corrected chi connectivity index (χ2v) is 7.21. The number of urea groups is 1. The van der Waals surface area contributed by atoms with Gasteiger partial charge in [0, 0.05) is 37.3 Å². The van der Waals surface area contributed by atoms with Gasteiger partial charge in [0.2, 0.25) is 6.10 Å². The third-order valence-corrected chi connectivity index (χ3v) is 4.84. The molecule has 1 heterocycles. The van der Waals surface area contributed by atoms with Gasteiger partial charge in [-0.3, -0.25) is 4.79 Å². The van der Waals surface area contributed by atoms with E-state index in [4.69, 9.17) is 16.4 Å². The number of para-hydroxylation sites is 1. The molecule has 30 heavy (non-hydrogen) atoms. The molecule has 1 atom stereocenters. The molecule has 2 aromatic rings. The first-order chi connectivity index (χ1) is 14.4. The number of halogens is 2. The number of amides is 3. The number of carbonyl (C=O) groups is 2. The smallest absolute Gasteiger partial charge is 0.321 e. The van der Waals surface area contributed by atoms with Crippen molar-refractivity contribution in [3.8, 4) is 0 Å². The van der Waals surface area contributed by atoms with Gasteiger partial charge in [-0.1, -0.05) is 35.0 Å². The molecular formula is C21H22ClFN4O3. The van der Waals surface area contributed by atoms with Crippen LogP contribution in [0.5, 0.6) is 0 Å². The van der Waals surface area contributed by atoms with Crippen LogP contribution in [0.4, 0.5) is 20.6 Å². The molecule has 3 rings (SSSR count). The van der Waals surface area contributed by atoms with Crippen LogP contribution < -0.4 is 10.6 Å². The Morgan fingerprint density at radius 1 is 1.10 bits per heavy atom. The van der Waals surface area contributed by atoms with Crippen LogP contribution >= 0.6 is 11.6 Å². The lowest BCUT2D eigenvalue weighted by molar-refractivity contribution is -0.126. The van der Waals surface area contributed by atoms with Crippen LogP contribution in [0.2, 0.25) is 5.02 Å². The maximum atomic E-state index is 13.2. The van der Waals surface area contributed by atoms with E-state index in [9.17, 15) is 14.0 Å². The van der Waals surface area contributed by atoms with Gasteiger partial charge in [0.25, 0.3) is 5.91 Å². The van der Waals surface area contributed by atoms with E-state index in [0.29, 0.717) is 31.6 Å². The van der Waals surface area contributed by atoms with Gasteiger partial charge >= 0.3 is 6.03 Å². The molecule has 2 N–H and O–H groups in total. The summed E-state index contributed by atoms with van der Waals surface area (Å²) in [6.45, 7) is 2.58. The minimum atomic E-state index is -0.847. The Hall–Kier alpha value is -3.13. The van der Waals surface area contributed by atoms with E-state index < -0.39 is 17.8 Å². The lowest BCUT2D eigenvalue weighted by atomic mass is 10.1. The predicted octanol–water partition coefficient (Wildman–Crippen LogP) is 4.51. The van der Waals surface area contributed by atoms with Crippen LogP contribution in [0.25, 0.3) is 0 Å². The van der Waals surface area contributed by atoms with E-state index in [0.717, 1.165) is 11.4 Å². The highest BCUT2D eigenvalue weighted by Crippen LogP contribution is 2.19. The average Bonchev–Trinajstić information content (AvgIpc) is 2.75. The summed E-state index contributed by atoms with van der Waals surface area (Å²) in [7, 11) is 0. The molecule has 2 aromatic carbocycles. The lowest BCUT2D eigenvalue weighted by Crippen LogP contribution is -2.41. The van der Waals surface area contributed by atoms with Crippen LogP contribution in [-0.4, -0.2) is 41.7 Å². The number of oxime groups is 1. The summed E-state index contributed by atoms with van der Waals surface area (Å²) in [5.74, 6) is -0.990. The maximum absolute atomic E-state index is 13.2. The molecule has 1 aliphatic rings. The monoisotopic (exact) mass is 432 g/mol. The van der Waals surface area contributed by atoms with E-state index in [-0.39, 0.29) is 11.1 Å². The van der Waals surface area contributed by atoms with E-state index in [1.165, 1.54) is 18.2 Å². The van der Waals surface area contributed by atoms with Crippen LogP contribution in [0.15, 0.2) is 53.7 Å². The fourth-order valence-corrected chi connectivity index (χ4v) is 2.98. The molecule has 9 heteroatoms. The van der Waals surface area contributed by atoms with Gasteiger partial charge in [-0.2, -0.15) is 0 Å². The van der Waals surface area contributed by atoms with E-state index in [1.807, 2.05) is 30.3 Å². The van der Waals surface area contributed by atoms with Crippen molar-refractivity contribution < 1.29 is 18.8 Å². The third kappa shape index (κ3) is 5.93. The van der Waals surface area contributed by atoms with Gasteiger partial charge in [-0.15, -0.1) is 0 Å². The van der Waals surface area contributed by atoms with Gasteiger partial charge < -0.3 is 20.4 Å². The van der Waals surface area contributed by atoms with Crippen molar-refractivity contribution in [1.29, 1.82) is 0 Å². The molecule has 0 spiro atoms. The highest BCUT2D eigenvalue weighted by Gasteiger charge is 2.21. The number of rotatable bonds is 5. The quantitative estimate of drug-likeness (QED) is 0.682. The summed E-state index contributed by atoms with van der Waals surface area (Å²) in [4.78, 5) is 31.5. The van der Waals surface area contributed by atoms with Crippen molar-refractivity contribution >= 4 is 40.6 Å². The first-order valence-electron chi connectivity index (χ1n) is 9.51. The SMILES string of the molecule is CC(ON=C1CCN(C(=O)Nc2ccccc2)CC1)C(=O)Nc1ccc(F)c(Cl)c1. The Morgan fingerprint density at radius 3 is 2.47 bits per heavy atom. The number of anilines is 2. The summed E-state index contributed by atoms with van der Waals surface area (Å²) in [6, 6.07) is 13.0. The Balaban J connectivity index is 1.44. The summed E-state index contributed by atoms with van der Waals surface area (Å²) in [5, 5.41) is 9.44. The number of nitrogens with zero attached hydrogens (tertiary/aromatic N) is 2. The molecule has 0 bridgehead atoms. The Morgan fingerprint density at radius 2 is 1.80 bits per heavy atom. The number of nitrogens with one attached hydrogen (secondary N) is 2. The van der Waals surface area contributed by atoms with Crippen LogP contribution in [-0.2, 0) is 9.63 Å². The molecule has 0 saturated carbocycles. The number of carbonyl (C=O) groups excluding carboxylic acids is 2. The average molecular weight is 433 g/mol. The van der Waals surface area contributed by atoms with Crippen molar-refractivity contribution in [2.75, 3.05) is 23.7 Å². The predicted molar refractivity (Wildman–Crippen MR) is 114 cm³/mol. The number of benzene rings is 2. The fourth-order valence-electron chi connectivity index (χ4n) is 2.80. The second-order valence-electron chi connectivity index (χ2n) is 6.81. The number of hydrogen-bond acceptors (Lipinski definition) is 4. The van der Waals surface area contributed by atoms with Gasteiger partial charge in [-0.05, 0) is 37.3 Å². The van der Waals surface area contributed by atoms with E-state index in [1.54, 1.807) is 11.8 Å². The van der Waals surface area contributed by atoms with Gasteiger partial charge in [0.05, 0.1) is 10.7 Å². The zero-order valence-electron chi connectivity index (χ0n) is 16.4. The van der Waals surface area contributed by atoms with Gasteiger partial charge in [-0.25, -0.2) is 9.18 Å². The molecule has 1 aliphatic heterocycles.